The van der Waals surface area contributed by atoms with Gasteiger partial charge < -0.3 is 44.6 Å². The van der Waals surface area contributed by atoms with Gasteiger partial charge in [0.2, 0.25) is 23.6 Å². The summed E-state index contributed by atoms with van der Waals surface area (Å²) in [7, 11) is 1.53. The Bertz CT molecular complexity index is 2750. The number of nitrogens with zero attached hydrogens (tertiary/aromatic N) is 6. The number of likely N-dealkylation sites (tertiary alicyclic amines) is 1. The quantitative estimate of drug-likeness (QED) is 0.0830. The number of aliphatic hydroxyl groups is 1. The number of carbonyl (C=O) groups is 4. The number of aliphatic hydroxyl groups excluding tert-OH is 1. The number of amides is 4. The molecule has 5 heterocycles. The van der Waals surface area contributed by atoms with Crippen LogP contribution >= 0.6 is 11.3 Å². The van der Waals surface area contributed by atoms with Gasteiger partial charge in [-0.05, 0) is 59.9 Å². The highest BCUT2D eigenvalue weighted by Gasteiger charge is 2.44. The van der Waals surface area contributed by atoms with E-state index in [4.69, 9.17) is 18.6 Å². The summed E-state index contributed by atoms with van der Waals surface area (Å²) in [4.78, 5) is 80.4. The van der Waals surface area contributed by atoms with Crippen LogP contribution in [0, 0.1) is 12.3 Å². The topological polar surface area (TPSA) is 242 Å². The minimum Gasteiger partial charge on any atom is -0.490 e. The molecule has 1 saturated heterocycles. The summed E-state index contributed by atoms with van der Waals surface area (Å²) in [6, 6.07) is 17.1. The normalized spacial score (nSPS) is 15.3. The van der Waals surface area contributed by atoms with Gasteiger partial charge in [-0.1, -0.05) is 45.0 Å². The van der Waals surface area contributed by atoms with E-state index in [1.54, 1.807) is 41.1 Å². The number of fused-ring (bicyclic) bond motifs is 1. The van der Waals surface area contributed by atoms with Gasteiger partial charge in [-0.2, -0.15) is 5.10 Å². The lowest BCUT2D eigenvalue weighted by atomic mass is 9.85. The zero-order valence-electron chi connectivity index (χ0n) is 37.8. The van der Waals surface area contributed by atoms with Gasteiger partial charge in [0.1, 0.15) is 41.3 Å². The average molecular weight is 936 g/mol. The summed E-state index contributed by atoms with van der Waals surface area (Å²) >= 11 is 1.57. The van der Waals surface area contributed by atoms with Crippen molar-refractivity contribution >= 4 is 51.8 Å². The van der Waals surface area contributed by atoms with Gasteiger partial charge in [0.15, 0.2) is 5.58 Å². The van der Waals surface area contributed by atoms with Crippen molar-refractivity contribution in [2.45, 2.75) is 65.3 Å². The summed E-state index contributed by atoms with van der Waals surface area (Å²) in [6.45, 7) is 8.69. The molecule has 67 heavy (non-hydrogen) atoms. The van der Waals surface area contributed by atoms with E-state index >= 15 is 0 Å². The molecule has 4 aromatic heterocycles. The second kappa shape index (κ2) is 21.6. The molecule has 0 aliphatic carbocycles. The predicted molar refractivity (Wildman–Crippen MR) is 248 cm³/mol. The Morgan fingerprint density at radius 1 is 0.955 bits per heavy atom. The van der Waals surface area contributed by atoms with Gasteiger partial charge in [-0.15, -0.1) is 11.3 Å². The smallest absolute Gasteiger partial charge is 0.274 e. The molecule has 2 aromatic carbocycles. The summed E-state index contributed by atoms with van der Waals surface area (Å²) in [5.74, 6) is -0.967. The number of carbonyl (C=O) groups excluding carboxylic acids is 4. The van der Waals surface area contributed by atoms with Gasteiger partial charge in [0.25, 0.3) is 11.5 Å². The van der Waals surface area contributed by atoms with E-state index in [9.17, 15) is 29.1 Å². The SMILES string of the molecule is Cc1ncsc1-c1ccc(CNC(=O)[C@@H]2C[C@@H](O)CN2C(=O)[C@@H](NC(=O)CCOCCOCCOc2ccc(C(=O)Nc3ccc4oc(-c5ccc(=O)n(C)n5)nc4c3)nc2)C(C)(C)C)cc1. The van der Waals surface area contributed by atoms with Crippen LogP contribution in [0.2, 0.25) is 0 Å². The monoisotopic (exact) mass is 935 g/mol. The number of thiazole rings is 1. The molecule has 0 bridgehead atoms. The maximum absolute atomic E-state index is 13.9. The van der Waals surface area contributed by atoms with Gasteiger partial charge in [-0.25, -0.2) is 19.6 Å². The van der Waals surface area contributed by atoms with Crippen molar-refractivity contribution in [3.8, 4) is 27.8 Å². The first-order valence-corrected chi connectivity index (χ1v) is 22.6. The molecule has 7 rings (SSSR count). The minimum atomic E-state index is -0.953. The molecule has 1 aliphatic heterocycles. The number of hydrogen-bond acceptors (Lipinski definition) is 15. The lowest BCUT2D eigenvalue weighted by molar-refractivity contribution is -0.144. The number of nitrogens with one attached hydrogen (secondary N) is 3. The van der Waals surface area contributed by atoms with Crippen LogP contribution in [0.5, 0.6) is 5.75 Å². The van der Waals surface area contributed by atoms with E-state index in [1.165, 1.54) is 41.0 Å². The average Bonchev–Trinajstić information content (AvgIpc) is 4.05. The minimum absolute atomic E-state index is 0.00688. The number of pyridine rings is 1. The fourth-order valence-corrected chi connectivity index (χ4v) is 8.06. The van der Waals surface area contributed by atoms with E-state index in [-0.39, 0.29) is 82.0 Å². The van der Waals surface area contributed by atoms with Crippen LogP contribution in [0.15, 0.2) is 87.6 Å². The second-order valence-corrected chi connectivity index (χ2v) is 17.8. The zero-order chi connectivity index (χ0) is 47.7. The van der Waals surface area contributed by atoms with Crippen molar-refractivity contribution in [1.29, 1.82) is 0 Å². The molecule has 0 radical (unpaired) electrons. The molecule has 0 saturated carbocycles. The lowest BCUT2D eigenvalue weighted by Crippen LogP contribution is -2.57. The summed E-state index contributed by atoms with van der Waals surface area (Å²) in [6.07, 6.45) is 0.642. The first kappa shape index (κ1) is 48.1. The fraction of sp³-hybridized carbons (Fsp3) is 0.383. The molecular formula is C47H53N9O10S. The summed E-state index contributed by atoms with van der Waals surface area (Å²) in [5.41, 5.74) is 5.76. The Hall–Kier alpha value is -6.87. The van der Waals surface area contributed by atoms with Crippen molar-refractivity contribution in [2.24, 2.45) is 12.5 Å². The standard InChI is InChI=1S/C47H53N9O10S/c1-28-41(67-27-50-28)30-8-6-29(7-9-30)24-49-44(61)37-23-32(57)26-56(37)46(62)42(47(2,3)4)53-39(58)16-17-63-18-19-64-20-21-65-33-11-12-34(48-25-33)43(60)51-31-10-14-38-36(22-31)52-45(66-38)35-13-15-40(59)55(5)54-35/h6-15,22,25,27,32,37,42,57H,16-21,23-24,26H2,1-5H3,(H,49,61)(H,51,60)(H,53,58)/t32-,37+,42-/m1/s1. The van der Waals surface area contributed by atoms with E-state index in [0.717, 1.165) is 21.7 Å². The number of oxazole rings is 1. The van der Waals surface area contributed by atoms with Gasteiger partial charge >= 0.3 is 0 Å². The van der Waals surface area contributed by atoms with Gasteiger partial charge in [0, 0.05) is 44.7 Å². The summed E-state index contributed by atoms with van der Waals surface area (Å²) in [5, 5.41) is 23.3. The van der Waals surface area contributed by atoms with Crippen LogP contribution in [0.3, 0.4) is 0 Å². The first-order chi connectivity index (χ1) is 32.1. The van der Waals surface area contributed by atoms with E-state index < -0.39 is 41.3 Å². The molecule has 3 atom stereocenters. The third-order valence-corrected chi connectivity index (χ3v) is 11.8. The van der Waals surface area contributed by atoms with Crippen LogP contribution in [-0.2, 0) is 37.4 Å². The second-order valence-electron chi connectivity index (χ2n) is 17.0. The third kappa shape index (κ3) is 12.5. The highest BCUT2D eigenvalue weighted by atomic mass is 32.1. The Kier molecular flexibility index (Phi) is 15.5. The predicted octanol–water partition coefficient (Wildman–Crippen LogP) is 4.28. The van der Waals surface area contributed by atoms with Crippen LogP contribution in [-0.4, -0.2) is 116 Å². The number of rotatable bonds is 19. The number of aryl methyl sites for hydroxylation is 2. The molecule has 6 aromatic rings. The number of aromatic nitrogens is 5. The maximum atomic E-state index is 13.9. The van der Waals surface area contributed by atoms with E-state index in [1.807, 2.05) is 52.0 Å². The highest BCUT2D eigenvalue weighted by molar-refractivity contribution is 7.13. The van der Waals surface area contributed by atoms with Crippen LogP contribution in [0.25, 0.3) is 33.1 Å². The van der Waals surface area contributed by atoms with Crippen LogP contribution in [0.4, 0.5) is 5.69 Å². The van der Waals surface area contributed by atoms with E-state index in [2.05, 4.69) is 36.0 Å². The first-order valence-electron chi connectivity index (χ1n) is 21.7. The molecule has 352 valence electrons. The zero-order valence-corrected chi connectivity index (χ0v) is 38.6. The van der Waals surface area contributed by atoms with Crippen molar-refractivity contribution in [1.82, 2.24) is 40.3 Å². The summed E-state index contributed by atoms with van der Waals surface area (Å²) < 4.78 is 23.8. The van der Waals surface area contributed by atoms with Gasteiger partial charge in [-0.3, -0.25) is 24.0 Å². The lowest BCUT2D eigenvalue weighted by Gasteiger charge is -2.35. The molecule has 20 heteroatoms. The number of ether oxygens (including phenoxy) is 3. The Labute approximate surface area is 389 Å². The van der Waals surface area contributed by atoms with Crippen LogP contribution in [0.1, 0.15) is 55.4 Å². The molecule has 1 fully saturated rings. The Balaban J connectivity index is 0.778. The molecule has 0 unspecified atom stereocenters. The molecule has 0 spiro atoms. The molecule has 4 amide bonds. The molecule has 4 N–H and O–H groups in total. The van der Waals surface area contributed by atoms with Crippen molar-refractivity contribution in [3.05, 3.63) is 106 Å². The van der Waals surface area contributed by atoms with Crippen LogP contribution < -0.4 is 26.2 Å². The van der Waals surface area contributed by atoms with E-state index in [0.29, 0.717) is 28.2 Å². The number of β-amino-alcohol motifs (C(OH)–C–C–N with tert-alkyl or cyclic N) is 1. The Morgan fingerprint density at radius 2 is 1.72 bits per heavy atom. The molecule has 19 nitrogen and oxygen atoms in total. The highest BCUT2D eigenvalue weighted by Crippen LogP contribution is 2.29. The number of benzene rings is 2. The largest absolute Gasteiger partial charge is 0.490 e. The maximum Gasteiger partial charge on any atom is 0.274 e. The number of hydrogen-bond donors (Lipinski definition) is 4. The van der Waals surface area contributed by atoms with Crippen molar-refractivity contribution in [3.63, 3.8) is 0 Å². The number of anilines is 1. The fourth-order valence-electron chi connectivity index (χ4n) is 7.24. The Morgan fingerprint density at radius 3 is 2.42 bits per heavy atom. The molecular weight excluding hydrogens is 883 g/mol. The van der Waals surface area contributed by atoms with Crippen molar-refractivity contribution in [2.75, 3.05) is 44.9 Å². The molecule has 1 aliphatic rings. The third-order valence-electron chi connectivity index (χ3n) is 10.8. The van der Waals surface area contributed by atoms with Crippen molar-refractivity contribution < 1.29 is 42.9 Å². The van der Waals surface area contributed by atoms with Gasteiger partial charge in [0.05, 0.1) is 54.8 Å².